The molecule has 2 aromatic carbocycles. The van der Waals surface area contributed by atoms with Gasteiger partial charge in [-0.05, 0) is 78.6 Å². The molecule has 0 spiro atoms. The number of halogens is 2. The Labute approximate surface area is 218 Å². The molecule has 4 nitrogen and oxygen atoms in total. The average Bonchev–Trinajstić information content (AvgIpc) is 3.16. The van der Waals surface area contributed by atoms with Gasteiger partial charge in [-0.2, -0.15) is 0 Å². The zero-order valence-electron chi connectivity index (χ0n) is 19.7. The molecular formula is C27H28BrClN2O2S. The molecule has 7 heteroatoms. The van der Waals surface area contributed by atoms with Gasteiger partial charge < -0.3 is 10.1 Å². The van der Waals surface area contributed by atoms with E-state index in [0.717, 1.165) is 45.6 Å². The average molecular weight is 560 g/mol. The lowest BCUT2D eigenvalue weighted by atomic mass is 9.72. The van der Waals surface area contributed by atoms with Crippen LogP contribution in [0.1, 0.15) is 53.6 Å². The predicted octanol–water partition coefficient (Wildman–Crippen LogP) is 8.33. The summed E-state index contributed by atoms with van der Waals surface area (Å²) in [6, 6.07) is 12.9. The SMILES string of the molecule is COc1ccc(Br)cc1C=Nc1sc2c(c1C(=O)Nc1ccc(Cl)cc1)CC[C@H](C(C)(C)C)C2. The Kier molecular flexibility index (Phi) is 7.51. The molecule has 34 heavy (non-hydrogen) atoms. The lowest BCUT2D eigenvalue weighted by Crippen LogP contribution is -2.27. The maximum absolute atomic E-state index is 13.5. The van der Waals surface area contributed by atoms with Crippen LogP contribution in [-0.2, 0) is 12.8 Å². The van der Waals surface area contributed by atoms with Crippen LogP contribution in [0.15, 0.2) is 51.9 Å². The number of carbonyl (C=O) groups excluding carboxylic acids is 1. The van der Waals surface area contributed by atoms with E-state index in [1.807, 2.05) is 30.3 Å². The van der Waals surface area contributed by atoms with Crippen molar-refractivity contribution in [3.8, 4) is 5.75 Å². The normalized spacial score (nSPS) is 15.9. The Bertz CT molecular complexity index is 1230. The van der Waals surface area contributed by atoms with E-state index in [9.17, 15) is 4.79 Å². The van der Waals surface area contributed by atoms with Crippen molar-refractivity contribution in [1.29, 1.82) is 0 Å². The summed E-state index contributed by atoms with van der Waals surface area (Å²) in [5, 5.41) is 4.40. The van der Waals surface area contributed by atoms with Gasteiger partial charge in [0, 0.05) is 31.8 Å². The number of ether oxygens (including phenoxy) is 1. The molecular weight excluding hydrogens is 532 g/mol. The molecule has 0 bridgehead atoms. The molecule has 0 radical (unpaired) electrons. The van der Waals surface area contributed by atoms with Crippen molar-refractivity contribution >= 4 is 61.7 Å². The number of rotatable bonds is 5. The molecule has 1 aliphatic rings. The third kappa shape index (κ3) is 5.56. The largest absolute Gasteiger partial charge is 0.496 e. The van der Waals surface area contributed by atoms with Crippen LogP contribution in [0.3, 0.4) is 0 Å². The van der Waals surface area contributed by atoms with E-state index in [-0.39, 0.29) is 11.3 Å². The summed E-state index contributed by atoms with van der Waals surface area (Å²) >= 11 is 11.2. The number of fused-ring (bicyclic) bond motifs is 1. The Morgan fingerprint density at radius 1 is 1.24 bits per heavy atom. The van der Waals surface area contributed by atoms with E-state index in [0.29, 0.717) is 22.2 Å². The molecule has 1 N–H and O–H groups in total. The van der Waals surface area contributed by atoms with Gasteiger partial charge in [0.1, 0.15) is 10.8 Å². The second-order valence-corrected chi connectivity index (χ2v) is 12.0. The summed E-state index contributed by atoms with van der Waals surface area (Å²) in [5.41, 5.74) is 3.58. The Morgan fingerprint density at radius 3 is 2.65 bits per heavy atom. The van der Waals surface area contributed by atoms with Crippen molar-refractivity contribution < 1.29 is 9.53 Å². The van der Waals surface area contributed by atoms with Crippen molar-refractivity contribution in [3.63, 3.8) is 0 Å². The molecule has 0 fully saturated rings. The molecule has 1 atom stereocenters. The van der Waals surface area contributed by atoms with Gasteiger partial charge in [0.15, 0.2) is 0 Å². The first-order valence-electron chi connectivity index (χ1n) is 11.2. The number of nitrogens with zero attached hydrogens (tertiary/aromatic N) is 1. The van der Waals surface area contributed by atoms with Gasteiger partial charge in [-0.15, -0.1) is 11.3 Å². The van der Waals surface area contributed by atoms with E-state index in [2.05, 4.69) is 42.0 Å². The molecule has 178 valence electrons. The highest BCUT2D eigenvalue weighted by Crippen LogP contribution is 2.45. The Morgan fingerprint density at radius 2 is 1.97 bits per heavy atom. The van der Waals surface area contributed by atoms with E-state index in [4.69, 9.17) is 21.3 Å². The minimum atomic E-state index is -0.137. The number of benzene rings is 2. The standard InChI is InChI=1S/C27H28BrClN2O2S/c1-27(2,3)17-5-11-21-23(14-17)34-26(30-15-16-13-18(28)6-12-22(16)33-4)24(21)25(32)31-20-9-7-19(29)8-10-20/h6-10,12-13,15,17H,5,11,14H2,1-4H3,(H,31,32)/t17-/m0/s1. The third-order valence-corrected chi connectivity index (χ3v) is 8.22. The molecule has 0 aliphatic heterocycles. The van der Waals surface area contributed by atoms with E-state index >= 15 is 0 Å². The first-order valence-corrected chi connectivity index (χ1v) is 13.2. The van der Waals surface area contributed by atoms with Crippen LogP contribution in [0.5, 0.6) is 5.75 Å². The molecule has 1 amide bonds. The second-order valence-electron chi connectivity index (χ2n) is 9.60. The zero-order chi connectivity index (χ0) is 24.5. The number of hydrogen-bond acceptors (Lipinski definition) is 4. The quantitative estimate of drug-likeness (QED) is 0.320. The van der Waals surface area contributed by atoms with Crippen LogP contribution < -0.4 is 10.1 Å². The zero-order valence-corrected chi connectivity index (χ0v) is 22.9. The first kappa shape index (κ1) is 25.0. The van der Waals surface area contributed by atoms with Crippen molar-refractivity contribution in [1.82, 2.24) is 0 Å². The monoisotopic (exact) mass is 558 g/mol. The number of hydrogen-bond donors (Lipinski definition) is 1. The summed E-state index contributed by atoms with van der Waals surface area (Å²) in [5.74, 6) is 1.17. The van der Waals surface area contributed by atoms with Gasteiger partial charge in [-0.25, -0.2) is 4.99 Å². The van der Waals surface area contributed by atoms with E-state index in [1.165, 1.54) is 4.88 Å². The number of aliphatic imine (C=N–C) groups is 1. The maximum atomic E-state index is 13.5. The van der Waals surface area contributed by atoms with Crippen LogP contribution in [0.4, 0.5) is 10.7 Å². The topological polar surface area (TPSA) is 50.7 Å². The second kappa shape index (κ2) is 10.2. The van der Waals surface area contributed by atoms with E-state index < -0.39 is 0 Å². The van der Waals surface area contributed by atoms with Gasteiger partial charge in [0.05, 0.1) is 12.7 Å². The minimum Gasteiger partial charge on any atom is -0.496 e. The number of thiophene rings is 1. The molecule has 1 aromatic heterocycles. The smallest absolute Gasteiger partial charge is 0.259 e. The van der Waals surface area contributed by atoms with Gasteiger partial charge in [0.2, 0.25) is 0 Å². The van der Waals surface area contributed by atoms with Crippen LogP contribution in [0, 0.1) is 11.3 Å². The van der Waals surface area contributed by atoms with Gasteiger partial charge in [-0.3, -0.25) is 4.79 Å². The molecule has 1 heterocycles. The van der Waals surface area contributed by atoms with Crippen molar-refractivity contribution in [2.45, 2.75) is 40.0 Å². The fourth-order valence-corrected chi connectivity index (χ4v) is 6.07. The highest BCUT2D eigenvalue weighted by atomic mass is 79.9. The highest BCUT2D eigenvalue weighted by Gasteiger charge is 2.33. The maximum Gasteiger partial charge on any atom is 0.259 e. The molecule has 4 rings (SSSR count). The number of methoxy groups -OCH3 is 1. The number of carbonyl (C=O) groups is 1. The van der Waals surface area contributed by atoms with Crippen molar-refractivity contribution in [3.05, 3.63) is 73.5 Å². The summed E-state index contributed by atoms with van der Waals surface area (Å²) in [6.07, 6.45) is 4.70. The molecule has 0 saturated carbocycles. The summed E-state index contributed by atoms with van der Waals surface area (Å²) < 4.78 is 6.43. The lowest BCUT2D eigenvalue weighted by molar-refractivity contribution is 0.102. The van der Waals surface area contributed by atoms with Crippen LogP contribution in [-0.4, -0.2) is 19.2 Å². The van der Waals surface area contributed by atoms with Gasteiger partial charge in [0.25, 0.3) is 5.91 Å². The summed E-state index contributed by atoms with van der Waals surface area (Å²) in [4.78, 5) is 19.5. The van der Waals surface area contributed by atoms with E-state index in [1.54, 1.807) is 36.8 Å². The number of nitrogens with one attached hydrogen (secondary N) is 1. The molecule has 0 unspecified atom stereocenters. The summed E-state index contributed by atoms with van der Waals surface area (Å²) in [6.45, 7) is 6.88. The lowest BCUT2D eigenvalue weighted by Gasteiger charge is -2.33. The number of amides is 1. The third-order valence-electron chi connectivity index (χ3n) is 6.31. The Hall–Kier alpha value is -2.15. The first-order chi connectivity index (χ1) is 16.2. The van der Waals surface area contributed by atoms with Crippen LogP contribution >= 0.6 is 38.9 Å². The van der Waals surface area contributed by atoms with Crippen LogP contribution in [0.2, 0.25) is 5.02 Å². The van der Waals surface area contributed by atoms with Gasteiger partial charge in [-0.1, -0.05) is 48.3 Å². The predicted molar refractivity (Wildman–Crippen MR) is 147 cm³/mol. The summed E-state index contributed by atoms with van der Waals surface area (Å²) in [7, 11) is 1.64. The van der Waals surface area contributed by atoms with Crippen molar-refractivity contribution in [2.24, 2.45) is 16.3 Å². The Balaban J connectivity index is 1.73. The fourth-order valence-electron chi connectivity index (χ4n) is 4.30. The molecule has 0 saturated heterocycles. The molecule has 3 aromatic rings. The minimum absolute atomic E-state index is 0.137. The van der Waals surface area contributed by atoms with Crippen molar-refractivity contribution in [2.75, 3.05) is 12.4 Å². The fraction of sp³-hybridized carbons (Fsp3) is 0.333. The van der Waals surface area contributed by atoms with Crippen LogP contribution in [0.25, 0.3) is 0 Å². The van der Waals surface area contributed by atoms with Gasteiger partial charge >= 0.3 is 0 Å². The molecule has 1 aliphatic carbocycles. The number of anilines is 1. The highest BCUT2D eigenvalue weighted by molar-refractivity contribution is 9.10.